The van der Waals surface area contributed by atoms with Crippen LogP contribution in [0.2, 0.25) is 0 Å². The molecule has 0 atom stereocenters. The van der Waals surface area contributed by atoms with Gasteiger partial charge in [0.05, 0.1) is 12.1 Å². The predicted octanol–water partition coefficient (Wildman–Crippen LogP) is 3.20. The lowest BCUT2D eigenvalue weighted by atomic mass is 10.0. The van der Waals surface area contributed by atoms with E-state index in [0.717, 1.165) is 11.3 Å². The van der Waals surface area contributed by atoms with Crippen LogP contribution < -0.4 is 10.6 Å². The minimum atomic E-state index is -0.482. The van der Waals surface area contributed by atoms with Gasteiger partial charge in [0, 0.05) is 44.5 Å². The van der Waals surface area contributed by atoms with Crippen LogP contribution in [-0.2, 0) is 23.1 Å². The van der Waals surface area contributed by atoms with Crippen LogP contribution in [0.25, 0.3) is 0 Å². The van der Waals surface area contributed by atoms with Gasteiger partial charge in [0.2, 0.25) is 11.8 Å². The van der Waals surface area contributed by atoms with Gasteiger partial charge in [0.1, 0.15) is 5.82 Å². The first-order chi connectivity index (χ1) is 13.9. The van der Waals surface area contributed by atoms with Gasteiger partial charge in [0.15, 0.2) is 5.66 Å². The molecule has 1 aromatic carbocycles. The van der Waals surface area contributed by atoms with Crippen LogP contribution in [0.5, 0.6) is 0 Å². The molecule has 0 radical (unpaired) electrons. The van der Waals surface area contributed by atoms with Crippen LogP contribution in [0.15, 0.2) is 40.6 Å². The first-order valence-corrected chi connectivity index (χ1v) is 9.46. The maximum atomic E-state index is 12.4. The molecule has 29 heavy (non-hydrogen) atoms. The molecule has 8 heteroatoms. The van der Waals surface area contributed by atoms with Gasteiger partial charge in [-0.25, -0.2) is 0 Å². The normalized spacial score (nSPS) is 13.6. The van der Waals surface area contributed by atoms with Crippen molar-refractivity contribution in [2.24, 2.45) is 17.3 Å². The van der Waals surface area contributed by atoms with E-state index < -0.39 is 5.66 Å². The zero-order valence-electron chi connectivity index (χ0n) is 16.6. The highest BCUT2D eigenvalue weighted by molar-refractivity contribution is 5.95. The smallest absolute Gasteiger partial charge is 0.230 e. The molecular weight excluding hydrogens is 368 g/mol. The first-order valence-electron chi connectivity index (χ1n) is 9.46. The molecule has 0 saturated carbocycles. The number of nitrogens with one attached hydrogen (secondary N) is 2. The Morgan fingerprint density at radius 3 is 2.59 bits per heavy atom. The van der Waals surface area contributed by atoms with E-state index in [-0.39, 0.29) is 24.7 Å². The second kappa shape index (κ2) is 8.69. The van der Waals surface area contributed by atoms with Crippen molar-refractivity contribution in [1.82, 2.24) is 9.78 Å². The summed E-state index contributed by atoms with van der Waals surface area (Å²) in [7, 11) is 1.77. The molecule has 150 valence electrons. The number of aryl methyl sites for hydroxylation is 2. The van der Waals surface area contributed by atoms with Crippen LogP contribution in [0.4, 0.5) is 11.5 Å². The number of carbonyl (C=O) groups excluding carboxylic acids is 2. The number of amides is 2. The van der Waals surface area contributed by atoms with E-state index in [1.165, 1.54) is 0 Å². The van der Waals surface area contributed by atoms with Gasteiger partial charge >= 0.3 is 0 Å². The third-order valence-electron chi connectivity index (χ3n) is 4.72. The number of hydrogen-bond acceptors (Lipinski definition) is 5. The van der Waals surface area contributed by atoms with Gasteiger partial charge in [-0.2, -0.15) is 15.3 Å². The Morgan fingerprint density at radius 1 is 1.17 bits per heavy atom. The minimum absolute atomic E-state index is 0.136. The van der Waals surface area contributed by atoms with Crippen LogP contribution in [0, 0.1) is 19.3 Å². The predicted molar refractivity (Wildman–Crippen MR) is 110 cm³/mol. The number of nitrogens with zero attached hydrogens (tertiary/aromatic N) is 4. The molecule has 3 rings (SSSR count). The van der Waals surface area contributed by atoms with E-state index in [1.54, 1.807) is 23.9 Å². The summed E-state index contributed by atoms with van der Waals surface area (Å²) in [6.07, 6.45) is 7.49. The average Bonchev–Trinajstić information content (AvgIpc) is 3.39. The summed E-state index contributed by atoms with van der Waals surface area (Å²) in [4.78, 5) is 24.8. The van der Waals surface area contributed by atoms with Crippen molar-refractivity contribution in [3.05, 3.63) is 41.6 Å². The third kappa shape index (κ3) is 5.51. The molecule has 8 nitrogen and oxygen atoms in total. The van der Waals surface area contributed by atoms with Crippen LogP contribution >= 0.6 is 0 Å². The topological polar surface area (TPSA) is 101 Å². The van der Waals surface area contributed by atoms with Crippen LogP contribution in [-0.4, -0.2) is 27.3 Å². The average molecular weight is 392 g/mol. The minimum Gasteiger partial charge on any atom is -0.326 e. The van der Waals surface area contributed by atoms with Crippen molar-refractivity contribution in [3.63, 3.8) is 0 Å². The molecule has 2 aromatic rings. The van der Waals surface area contributed by atoms with Gasteiger partial charge in [-0.3, -0.25) is 14.3 Å². The van der Waals surface area contributed by atoms with Crippen molar-refractivity contribution >= 4 is 23.3 Å². The quantitative estimate of drug-likeness (QED) is 0.641. The second-order valence-electron chi connectivity index (χ2n) is 7.11. The molecular formula is C21H24N6O2. The maximum Gasteiger partial charge on any atom is 0.230 e. The van der Waals surface area contributed by atoms with Crippen molar-refractivity contribution in [2.75, 3.05) is 10.6 Å². The Balaban J connectivity index is 1.56. The Labute approximate surface area is 169 Å². The van der Waals surface area contributed by atoms with Gasteiger partial charge in [-0.15, -0.1) is 12.3 Å². The summed E-state index contributed by atoms with van der Waals surface area (Å²) in [5, 5.41) is 18.0. The highest BCUT2D eigenvalue weighted by atomic mass is 16.2. The van der Waals surface area contributed by atoms with Crippen LogP contribution in [0.1, 0.15) is 36.9 Å². The van der Waals surface area contributed by atoms with E-state index in [2.05, 4.69) is 31.9 Å². The Morgan fingerprint density at radius 2 is 1.93 bits per heavy atom. The van der Waals surface area contributed by atoms with Crippen molar-refractivity contribution in [2.45, 2.75) is 44.7 Å². The van der Waals surface area contributed by atoms with E-state index in [4.69, 9.17) is 6.42 Å². The molecule has 2 amide bonds. The summed E-state index contributed by atoms with van der Waals surface area (Å²) >= 11 is 0. The number of anilines is 2. The SMILES string of the molecule is C#CCCC1(CCC(=O)Nc2ccccc2CC(=O)Nc2cc(C)nn2C)N=N1. The number of aromatic nitrogens is 2. The van der Waals surface area contributed by atoms with Crippen molar-refractivity contribution < 1.29 is 9.59 Å². The van der Waals surface area contributed by atoms with Crippen molar-refractivity contribution in [1.29, 1.82) is 0 Å². The fourth-order valence-corrected chi connectivity index (χ4v) is 3.08. The molecule has 1 aromatic heterocycles. The zero-order chi connectivity index (χ0) is 20.9. The summed E-state index contributed by atoms with van der Waals surface area (Å²) in [5.41, 5.74) is 1.70. The lowest BCUT2D eigenvalue weighted by molar-refractivity contribution is -0.117. The lowest BCUT2D eigenvalue weighted by Gasteiger charge is -2.12. The van der Waals surface area contributed by atoms with Gasteiger partial charge in [-0.1, -0.05) is 18.2 Å². The fraction of sp³-hybridized carbons (Fsp3) is 0.381. The van der Waals surface area contributed by atoms with Crippen molar-refractivity contribution in [3.8, 4) is 12.3 Å². The molecule has 1 aliphatic rings. The van der Waals surface area contributed by atoms with Gasteiger partial charge < -0.3 is 10.6 Å². The summed E-state index contributed by atoms with van der Waals surface area (Å²) in [6, 6.07) is 9.07. The summed E-state index contributed by atoms with van der Waals surface area (Å²) in [5.74, 6) is 2.88. The molecule has 0 fully saturated rings. The standard InChI is InChI=1S/C21H24N6O2/c1-4-5-11-21(25-26-21)12-10-19(28)22-17-9-7-6-8-16(17)14-20(29)23-18-13-15(2)24-27(18)3/h1,6-9,13H,5,10-12,14H2,2-3H3,(H,22,28)(H,23,29). The molecule has 0 unspecified atom stereocenters. The Hall–Kier alpha value is -3.47. The Bertz CT molecular complexity index is 979. The summed E-state index contributed by atoms with van der Waals surface area (Å²) in [6.45, 7) is 1.86. The van der Waals surface area contributed by atoms with Gasteiger partial charge in [-0.05, 0) is 18.6 Å². The number of terminal acetylenes is 1. The number of carbonyl (C=O) groups is 2. The number of benzene rings is 1. The molecule has 0 spiro atoms. The first kappa shape index (κ1) is 20.3. The molecule has 1 aliphatic heterocycles. The van der Waals surface area contributed by atoms with Gasteiger partial charge in [0.25, 0.3) is 0 Å². The zero-order valence-corrected chi connectivity index (χ0v) is 16.6. The largest absolute Gasteiger partial charge is 0.326 e. The maximum absolute atomic E-state index is 12.4. The Kier molecular flexibility index (Phi) is 6.07. The molecule has 0 aliphatic carbocycles. The van der Waals surface area contributed by atoms with E-state index in [0.29, 0.717) is 30.8 Å². The van der Waals surface area contributed by atoms with Crippen LogP contribution in [0.3, 0.4) is 0 Å². The number of rotatable bonds is 9. The fourth-order valence-electron chi connectivity index (χ4n) is 3.08. The molecule has 0 bridgehead atoms. The third-order valence-corrected chi connectivity index (χ3v) is 4.72. The van der Waals surface area contributed by atoms with E-state index in [9.17, 15) is 9.59 Å². The lowest BCUT2D eigenvalue weighted by Crippen LogP contribution is -2.20. The highest BCUT2D eigenvalue weighted by Crippen LogP contribution is 2.37. The summed E-state index contributed by atoms with van der Waals surface area (Å²) < 4.78 is 1.62. The van der Waals surface area contributed by atoms with E-state index in [1.807, 2.05) is 25.1 Å². The number of hydrogen-bond donors (Lipinski definition) is 2. The molecule has 2 heterocycles. The monoisotopic (exact) mass is 392 g/mol. The highest BCUT2D eigenvalue weighted by Gasteiger charge is 2.39. The molecule has 2 N–H and O–H groups in total. The van der Waals surface area contributed by atoms with E-state index >= 15 is 0 Å². The number of para-hydroxylation sites is 1. The second-order valence-corrected chi connectivity index (χ2v) is 7.11. The molecule has 0 saturated heterocycles.